The molecule has 0 radical (unpaired) electrons. The SMILES string of the molecule is CC(C)c1nc2cccc(C=O)c2n1C1CC1. The number of benzene rings is 1. The molecule has 0 spiro atoms. The van der Waals surface area contributed by atoms with Gasteiger partial charge in [0.05, 0.1) is 11.0 Å². The number of para-hydroxylation sites is 1. The van der Waals surface area contributed by atoms with E-state index in [2.05, 4.69) is 23.4 Å². The first-order valence-corrected chi connectivity index (χ1v) is 6.18. The van der Waals surface area contributed by atoms with E-state index in [1.54, 1.807) is 0 Å². The maximum Gasteiger partial charge on any atom is 0.152 e. The van der Waals surface area contributed by atoms with E-state index in [4.69, 9.17) is 0 Å². The number of fused-ring (bicyclic) bond motifs is 1. The molecule has 0 atom stereocenters. The molecule has 0 saturated heterocycles. The Hall–Kier alpha value is -1.64. The summed E-state index contributed by atoms with van der Waals surface area (Å²) >= 11 is 0. The number of rotatable bonds is 3. The molecule has 1 aromatic carbocycles. The molecule has 3 heteroatoms. The summed E-state index contributed by atoms with van der Waals surface area (Å²) in [4.78, 5) is 15.8. The summed E-state index contributed by atoms with van der Waals surface area (Å²) in [5, 5.41) is 0. The molecule has 1 saturated carbocycles. The Labute approximate surface area is 100 Å². The second-order valence-electron chi connectivity index (χ2n) is 5.06. The summed E-state index contributed by atoms with van der Waals surface area (Å²) in [6.45, 7) is 4.31. The van der Waals surface area contributed by atoms with Crippen LogP contribution in [0.25, 0.3) is 11.0 Å². The van der Waals surface area contributed by atoms with E-state index < -0.39 is 0 Å². The number of imidazole rings is 1. The van der Waals surface area contributed by atoms with Crippen molar-refractivity contribution in [2.75, 3.05) is 0 Å². The van der Waals surface area contributed by atoms with Crippen molar-refractivity contribution in [3.8, 4) is 0 Å². The predicted molar refractivity (Wildman–Crippen MR) is 67.5 cm³/mol. The molecular formula is C14H16N2O. The van der Waals surface area contributed by atoms with Gasteiger partial charge < -0.3 is 4.57 Å². The van der Waals surface area contributed by atoms with Gasteiger partial charge in [0.15, 0.2) is 6.29 Å². The van der Waals surface area contributed by atoms with Gasteiger partial charge in [-0.2, -0.15) is 0 Å². The minimum Gasteiger partial charge on any atom is -0.324 e. The van der Waals surface area contributed by atoms with Gasteiger partial charge in [0.1, 0.15) is 5.82 Å². The quantitative estimate of drug-likeness (QED) is 0.755. The number of carbonyl (C=O) groups is 1. The molecule has 1 aliphatic carbocycles. The van der Waals surface area contributed by atoms with Crippen molar-refractivity contribution >= 4 is 17.3 Å². The van der Waals surface area contributed by atoms with Gasteiger partial charge >= 0.3 is 0 Å². The van der Waals surface area contributed by atoms with E-state index in [0.29, 0.717) is 12.0 Å². The molecule has 3 nitrogen and oxygen atoms in total. The topological polar surface area (TPSA) is 34.9 Å². The summed E-state index contributed by atoms with van der Waals surface area (Å²) in [6, 6.07) is 6.33. The molecule has 0 aliphatic heterocycles. The first-order valence-electron chi connectivity index (χ1n) is 6.18. The number of carbonyl (C=O) groups excluding carboxylic acids is 1. The smallest absolute Gasteiger partial charge is 0.152 e. The van der Waals surface area contributed by atoms with E-state index in [-0.39, 0.29) is 0 Å². The summed E-state index contributed by atoms with van der Waals surface area (Å²) in [6.07, 6.45) is 3.35. The van der Waals surface area contributed by atoms with Crippen LogP contribution >= 0.6 is 0 Å². The third kappa shape index (κ3) is 1.57. The van der Waals surface area contributed by atoms with Crippen molar-refractivity contribution in [1.82, 2.24) is 9.55 Å². The zero-order valence-corrected chi connectivity index (χ0v) is 10.2. The van der Waals surface area contributed by atoms with Crippen molar-refractivity contribution in [2.24, 2.45) is 0 Å². The molecule has 0 unspecified atom stereocenters. The van der Waals surface area contributed by atoms with Gasteiger partial charge in [0.2, 0.25) is 0 Å². The number of nitrogens with zero attached hydrogens (tertiary/aromatic N) is 2. The summed E-state index contributed by atoms with van der Waals surface area (Å²) < 4.78 is 2.28. The van der Waals surface area contributed by atoms with Crippen molar-refractivity contribution in [1.29, 1.82) is 0 Å². The third-order valence-corrected chi connectivity index (χ3v) is 3.32. The van der Waals surface area contributed by atoms with E-state index in [1.807, 2.05) is 18.2 Å². The first kappa shape index (κ1) is 10.5. The Morgan fingerprint density at radius 3 is 2.76 bits per heavy atom. The Bertz CT molecular complexity index is 579. The molecule has 1 fully saturated rings. The van der Waals surface area contributed by atoms with Crippen LogP contribution in [0.1, 0.15) is 54.8 Å². The zero-order valence-electron chi connectivity index (χ0n) is 10.2. The fraction of sp³-hybridized carbons (Fsp3) is 0.429. The van der Waals surface area contributed by atoms with E-state index in [9.17, 15) is 4.79 Å². The molecular weight excluding hydrogens is 212 g/mol. The van der Waals surface area contributed by atoms with E-state index in [0.717, 1.165) is 28.7 Å². The van der Waals surface area contributed by atoms with Gasteiger partial charge in [-0.25, -0.2) is 4.98 Å². The first-order chi connectivity index (χ1) is 8.22. The van der Waals surface area contributed by atoms with Crippen LogP contribution in [0.3, 0.4) is 0 Å². The molecule has 2 aromatic rings. The molecule has 1 heterocycles. The lowest BCUT2D eigenvalue weighted by Crippen LogP contribution is -2.04. The van der Waals surface area contributed by atoms with Gasteiger partial charge in [-0.05, 0) is 25.0 Å². The van der Waals surface area contributed by atoms with Gasteiger partial charge in [0.25, 0.3) is 0 Å². The van der Waals surface area contributed by atoms with Crippen LogP contribution in [-0.2, 0) is 0 Å². The largest absolute Gasteiger partial charge is 0.324 e. The van der Waals surface area contributed by atoms with Crippen LogP contribution in [0.15, 0.2) is 18.2 Å². The van der Waals surface area contributed by atoms with E-state index in [1.165, 1.54) is 12.8 Å². The normalized spacial score (nSPS) is 15.7. The van der Waals surface area contributed by atoms with Crippen LogP contribution in [-0.4, -0.2) is 15.8 Å². The molecule has 17 heavy (non-hydrogen) atoms. The summed E-state index contributed by atoms with van der Waals surface area (Å²) in [5.41, 5.74) is 2.73. The number of aldehydes is 1. The monoisotopic (exact) mass is 228 g/mol. The number of aromatic nitrogens is 2. The van der Waals surface area contributed by atoms with Gasteiger partial charge in [0, 0.05) is 17.5 Å². The van der Waals surface area contributed by atoms with Crippen molar-refractivity contribution in [3.63, 3.8) is 0 Å². The van der Waals surface area contributed by atoms with Crippen molar-refractivity contribution < 1.29 is 4.79 Å². The molecule has 0 bridgehead atoms. The highest BCUT2D eigenvalue weighted by atomic mass is 16.1. The average molecular weight is 228 g/mol. The molecule has 88 valence electrons. The van der Waals surface area contributed by atoms with Gasteiger partial charge in [-0.3, -0.25) is 4.79 Å². The lowest BCUT2D eigenvalue weighted by atomic mass is 10.2. The van der Waals surface area contributed by atoms with Crippen LogP contribution in [0, 0.1) is 0 Å². The fourth-order valence-corrected chi connectivity index (χ4v) is 2.40. The Morgan fingerprint density at radius 1 is 1.41 bits per heavy atom. The number of hydrogen-bond donors (Lipinski definition) is 0. The summed E-state index contributed by atoms with van der Waals surface area (Å²) in [7, 11) is 0. The van der Waals surface area contributed by atoms with Crippen LogP contribution in [0.5, 0.6) is 0 Å². The number of hydrogen-bond acceptors (Lipinski definition) is 2. The van der Waals surface area contributed by atoms with Crippen molar-refractivity contribution in [2.45, 2.75) is 38.6 Å². The van der Waals surface area contributed by atoms with Crippen LogP contribution < -0.4 is 0 Å². The molecule has 3 rings (SSSR count). The Kier molecular flexibility index (Phi) is 2.28. The molecule has 1 aliphatic rings. The van der Waals surface area contributed by atoms with Crippen LogP contribution in [0.2, 0.25) is 0 Å². The molecule has 0 N–H and O–H groups in total. The van der Waals surface area contributed by atoms with Gasteiger partial charge in [-0.1, -0.05) is 19.9 Å². The summed E-state index contributed by atoms with van der Waals surface area (Å²) in [5.74, 6) is 1.50. The van der Waals surface area contributed by atoms with Crippen LogP contribution in [0.4, 0.5) is 0 Å². The van der Waals surface area contributed by atoms with Gasteiger partial charge in [-0.15, -0.1) is 0 Å². The van der Waals surface area contributed by atoms with E-state index >= 15 is 0 Å². The maximum atomic E-state index is 11.2. The highest BCUT2D eigenvalue weighted by Crippen LogP contribution is 2.40. The lowest BCUT2D eigenvalue weighted by molar-refractivity contribution is 0.112. The maximum absolute atomic E-state index is 11.2. The Morgan fingerprint density at radius 2 is 2.18 bits per heavy atom. The standard InChI is InChI=1S/C14H16N2O/c1-9(2)14-15-12-5-3-4-10(8-17)13(12)16(14)11-6-7-11/h3-5,8-9,11H,6-7H2,1-2H3. The minimum absolute atomic E-state index is 0.391. The lowest BCUT2D eigenvalue weighted by Gasteiger charge is -2.10. The predicted octanol–water partition coefficient (Wildman–Crippen LogP) is 3.31. The fourth-order valence-electron chi connectivity index (χ4n) is 2.40. The average Bonchev–Trinajstić information content (AvgIpc) is 3.08. The third-order valence-electron chi connectivity index (χ3n) is 3.32. The highest BCUT2D eigenvalue weighted by Gasteiger charge is 2.29. The second kappa shape index (κ2) is 3.69. The van der Waals surface area contributed by atoms with Crippen molar-refractivity contribution in [3.05, 3.63) is 29.6 Å². The second-order valence-corrected chi connectivity index (χ2v) is 5.06. The molecule has 0 amide bonds. The highest BCUT2D eigenvalue weighted by molar-refractivity contribution is 5.95. The zero-order chi connectivity index (χ0) is 12.0. The Balaban J connectivity index is 2.36. The molecule has 1 aromatic heterocycles. The minimum atomic E-state index is 0.391.